The Bertz CT molecular complexity index is 231. The third kappa shape index (κ3) is 4.59. The zero-order chi connectivity index (χ0) is 12.6. The summed E-state index contributed by atoms with van der Waals surface area (Å²) in [5.74, 6) is -2.08. The lowest BCUT2D eigenvalue weighted by Gasteiger charge is -2.27. The van der Waals surface area contributed by atoms with Crippen LogP contribution in [0.2, 0.25) is 0 Å². The fourth-order valence-electron chi connectivity index (χ4n) is 1.70. The first-order valence-corrected chi connectivity index (χ1v) is 5.15. The first-order chi connectivity index (χ1) is 7.48. The molecule has 6 nitrogen and oxygen atoms in total. The average molecular weight is 234 g/mol. The molecule has 4 N–H and O–H groups in total. The first kappa shape index (κ1) is 14.9. The highest BCUT2D eigenvalue weighted by molar-refractivity contribution is 5.74. The summed E-state index contributed by atoms with van der Waals surface area (Å²) in [4.78, 5) is 21.4. The molecule has 0 rings (SSSR count). The van der Waals surface area contributed by atoms with Gasteiger partial charge in [0.25, 0.3) is 0 Å². The van der Waals surface area contributed by atoms with Gasteiger partial charge in [0, 0.05) is 19.6 Å². The van der Waals surface area contributed by atoms with E-state index in [2.05, 4.69) is 0 Å². The number of rotatable bonds is 9. The number of aliphatic carboxylic acids is 2. The highest BCUT2D eigenvalue weighted by Gasteiger charge is 2.36. The Morgan fingerprint density at radius 3 is 1.75 bits per heavy atom. The van der Waals surface area contributed by atoms with Crippen LogP contribution in [0.1, 0.15) is 32.1 Å². The van der Waals surface area contributed by atoms with Crippen molar-refractivity contribution in [2.45, 2.75) is 32.1 Å². The molecule has 0 aliphatic heterocycles. The molecule has 6 heteroatoms. The molecule has 0 amide bonds. The quantitative estimate of drug-likeness (QED) is 0.449. The van der Waals surface area contributed by atoms with Crippen LogP contribution in [0.4, 0.5) is 0 Å². The van der Waals surface area contributed by atoms with Crippen molar-refractivity contribution in [2.24, 2.45) is 5.41 Å². The average Bonchev–Trinajstić information content (AvgIpc) is 2.17. The molecule has 0 aromatic rings. The van der Waals surface area contributed by atoms with E-state index in [1.54, 1.807) is 0 Å². The van der Waals surface area contributed by atoms with E-state index in [0.29, 0.717) is 0 Å². The summed E-state index contributed by atoms with van der Waals surface area (Å²) in [5, 5.41) is 35.2. The molecular weight excluding hydrogens is 216 g/mol. The predicted molar refractivity (Wildman–Crippen MR) is 55.0 cm³/mol. The number of aliphatic hydroxyl groups excluding tert-OH is 2. The lowest BCUT2D eigenvalue weighted by molar-refractivity contribution is -0.152. The van der Waals surface area contributed by atoms with Gasteiger partial charge in [-0.1, -0.05) is 0 Å². The van der Waals surface area contributed by atoms with Crippen LogP contribution in [-0.4, -0.2) is 45.6 Å². The third-order valence-electron chi connectivity index (χ3n) is 2.68. The molecule has 0 aromatic carbocycles. The molecule has 94 valence electrons. The van der Waals surface area contributed by atoms with E-state index in [-0.39, 0.29) is 45.3 Å². The van der Waals surface area contributed by atoms with Crippen LogP contribution in [-0.2, 0) is 9.59 Å². The number of hydrogen-bond acceptors (Lipinski definition) is 4. The smallest absolute Gasteiger partial charge is 0.309 e. The maximum atomic E-state index is 11.1. The fourth-order valence-corrected chi connectivity index (χ4v) is 1.70. The van der Waals surface area contributed by atoms with Gasteiger partial charge in [-0.3, -0.25) is 9.59 Å². The summed E-state index contributed by atoms with van der Waals surface area (Å²) in [6.45, 7) is -0.585. The Morgan fingerprint density at radius 2 is 1.44 bits per heavy atom. The normalized spacial score (nSPS) is 11.4. The molecule has 0 aliphatic carbocycles. The minimum absolute atomic E-state index is 0.0303. The van der Waals surface area contributed by atoms with E-state index in [9.17, 15) is 9.59 Å². The zero-order valence-corrected chi connectivity index (χ0v) is 9.06. The first-order valence-electron chi connectivity index (χ1n) is 5.15. The largest absolute Gasteiger partial charge is 0.481 e. The van der Waals surface area contributed by atoms with Gasteiger partial charge in [-0.25, -0.2) is 0 Å². The van der Waals surface area contributed by atoms with Crippen LogP contribution in [0.25, 0.3) is 0 Å². The van der Waals surface area contributed by atoms with Gasteiger partial charge >= 0.3 is 11.9 Å². The highest BCUT2D eigenvalue weighted by atomic mass is 16.4. The molecule has 0 saturated heterocycles. The molecule has 0 radical (unpaired) electrons. The summed E-state index contributed by atoms with van der Waals surface area (Å²) in [6, 6.07) is 0. The number of hydrogen-bond donors (Lipinski definition) is 4. The van der Waals surface area contributed by atoms with Gasteiger partial charge < -0.3 is 20.4 Å². The second-order valence-corrected chi connectivity index (χ2v) is 3.78. The van der Waals surface area contributed by atoms with E-state index in [4.69, 9.17) is 20.4 Å². The van der Waals surface area contributed by atoms with Gasteiger partial charge in [-0.15, -0.1) is 0 Å². The molecular formula is C10H18O6. The molecule has 0 unspecified atom stereocenters. The van der Waals surface area contributed by atoms with Crippen LogP contribution < -0.4 is 0 Å². The van der Waals surface area contributed by atoms with Crippen molar-refractivity contribution in [1.29, 1.82) is 0 Å². The summed E-state index contributed by atoms with van der Waals surface area (Å²) >= 11 is 0. The summed E-state index contributed by atoms with van der Waals surface area (Å²) in [6.07, 6.45) is 0.328. The minimum Gasteiger partial charge on any atom is -0.481 e. The number of carboxylic acids is 2. The molecule has 0 aromatic heterocycles. The SMILES string of the molecule is O=C(O)CCCC(CCO)(CCO)C(=O)O. The predicted octanol–water partition coefficient (Wildman–Crippen LogP) is 0.0771. The van der Waals surface area contributed by atoms with Crippen LogP contribution >= 0.6 is 0 Å². The maximum Gasteiger partial charge on any atom is 0.309 e. The van der Waals surface area contributed by atoms with Gasteiger partial charge in [0.05, 0.1) is 5.41 Å². The monoisotopic (exact) mass is 234 g/mol. The van der Waals surface area contributed by atoms with Crippen molar-refractivity contribution in [3.05, 3.63) is 0 Å². The third-order valence-corrected chi connectivity index (χ3v) is 2.68. The second kappa shape index (κ2) is 7.19. The Labute approximate surface area is 93.5 Å². The Hall–Kier alpha value is -1.14. The van der Waals surface area contributed by atoms with E-state index in [1.165, 1.54) is 0 Å². The van der Waals surface area contributed by atoms with Crippen molar-refractivity contribution in [3.8, 4) is 0 Å². The molecule has 0 fully saturated rings. The maximum absolute atomic E-state index is 11.1. The van der Waals surface area contributed by atoms with Gasteiger partial charge in [0.15, 0.2) is 0 Å². The fraction of sp³-hybridized carbons (Fsp3) is 0.800. The number of carboxylic acid groups (broad SMARTS) is 2. The molecule has 0 spiro atoms. The molecule has 0 heterocycles. The van der Waals surface area contributed by atoms with E-state index < -0.39 is 17.4 Å². The van der Waals surface area contributed by atoms with Crippen molar-refractivity contribution >= 4 is 11.9 Å². The standard InChI is InChI=1S/C10H18O6/c11-6-4-10(5-7-12,9(15)16)3-1-2-8(13)14/h11-12H,1-7H2,(H,13,14)(H,15,16). The molecule has 0 aliphatic rings. The van der Waals surface area contributed by atoms with Gasteiger partial charge in [0.1, 0.15) is 0 Å². The zero-order valence-electron chi connectivity index (χ0n) is 9.06. The Morgan fingerprint density at radius 1 is 0.938 bits per heavy atom. The number of aliphatic hydroxyl groups is 2. The van der Waals surface area contributed by atoms with Crippen LogP contribution in [0.5, 0.6) is 0 Å². The molecule has 0 atom stereocenters. The topological polar surface area (TPSA) is 115 Å². The van der Waals surface area contributed by atoms with Gasteiger partial charge in [0.2, 0.25) is 0 Å². The highest BCUT2D eigenvalue weighted by Crippen LogP contribution is 2.32. The van der Waals surface area contributed by atoms with Crippen LogP contribution in [0.15, 0.2) is 0 Å². The van der Waals surface area contributed by atoms with Crippen molar-refractivity contribution in [2.75, 3.05) is 13.2 Å². The summed E-state index contributed by atoms with van der Waals surface area (Å²) < 4.78 is 0. The van der Waals surface area contributed by atoms with Gasteiger partial charge in [-0.05, 0) is 25.7 Å². The van der Waals surface area contributed by atoms with Crippen molar-refractivity contribution < 1.29 is 30.0 Å². The van der Waals surface area contributed by atoms with E-state index in [1.807, 2.05) is 0 Å². The van der Waals surface area contributed by atoms with Crippen molar-refractivity contribution in [1.82, 2.24) is 0 Å². The summed E-state index contributed by atoms with van der Waals surface area (Å²) in [7, 11) is 0. The number of carbonyl (C=O) groups is 2. The van der Waals surface area contributed by atoms with E-state index in [0.717, 1.165) is 0 Å². The minimum atomic E-state index is -1.21. The van der Waals surface area contributed by atoms with Gasteiger partial charge in [-0.2, -0.15) is 0 Å². The lowest BCUT2D eigenvalue weighted by atomic mass is 9.77. The Kier molecular flexibility index (Phi) is 6.67. The summed E-state index contributed by atoms with van der Waals surface area (Å²) in [5.41, 5.74) is -1.21. The van der Waals surface area contributed by atoms with Crippen LogP contribution in [0, 0.1) is 5.41 Å². The van der Waals surface area contributed by atoms with Crippen molar-refractivity contribution in [3.63, 3.8) is 0 Å². The van der Waals surface area contributed by atoms with E-state index >= 15 is 0 Å². The Balaban J connectivity index is 4.48. The molecule has 0 bridgehead atoms. The molecule has 0 saturated carbocycles. The second-order valence-electron chi connectivity index (χ2n) is 3.78. The lowest BCUT2D eigenvalue weighted by Crippen LogP contribution is -2.33. The van der Waals surface area contributed by atoms with Crippen LogP contribution in [0.3, 0.4) is 0 Å². The molecule has 16 heavy (non-hydrogen) atoms.